The SMILES string of the molecule is Cc1ccc(CN(CC(=O)Nc2ccccc2Oc2ccccc2)S(=O)(=O)c2ccc(C)cc2)cc1. The van der Waals surface area contributed by atoms with Crippen LogP contribution in [0.15, 0.2) is 108 Å². The number of amides is 1. The summed E-state index contributed by atoms with van der Waals surface area (Å²) in [4.78, 5) is 13.3. The van der Waals surface area contributed by atoms with Crippen LogP contribution >= 0.6 is 0 Å². The van der Waals surface area contributed by atoms with Gasteiger partial charge in [-0.25, -0.2) is 8.42 Å². The third-order valence-corrected chi connectivity index (χ3v) is 7.40. The van der Waals surface area contributed by atoms with Crippen LogP contribution in [0.3, 0.4) is 0 Å². The Labute approximate surface area is 212 Å². The zero-order valence-electron chi connectivity index (χ0n) is 20.2. The van der Waals surface area contributed by atoms with Crippen molar-refractivity contribution in [1.82, 2.24) is 4.31 Å². The first kappa shape index (κ1) is 25.2. The lowest BCUT2D eigenvalue weighted by molar-refractivity contribution is -0.116. The Kier molecular flexibility index (Phi) is 7.83. The van der Waals surface area contributed by atoms with Gasteiger partial charge in [-0.05, 0) is 55.8 Å². The van der Waals surface area contributed by atoms with Gasteiger partial charge in [0.05, 0.1) is 17.1 Å². The lowest BCUT2D eigenvalue weighted by Crippen LogP contribution is -2.37. The van der Waals surface area contributed by atoms with Gasteiger partial charge in [0.25, 0.3) is 0 Å². The van der Waals surface area contributed by atoms with Gasteiger partial charge in [-0.1, -0.05) is 77.9 Å². The van der Waals surface area contributed by atoms with Gasteiger partial charge in [0.15, 0.2) is 5.75 Å². The molecule has 0 fully saturated rings. The van der Waals surface area contributed by atoms with E-state index in [4.69, 9.17) is 4.74 Å². The number of sulfonamides is 1. The number of rotatable bonds is 9. The topological polar surface area (TPSA) is 75.7 Å². The van der Waals surface area contributed by atoms with Gasteiger partial charge in [0, 0.05) is 6.54 Å². The Hall–Kier alpha value is -3.94. The number of anilines is 1. The summed E-state index contributed by atoms with van der Waals surface area (Å²) in [7, 11) is -3.93. The molecule has 4 aromatic rings. The molecule has 1 N–H and O–H groups in total. The van der Waals surface area contributed by atoms with E-state index in [1.807, 2.05) is 68.4 Å². The lowest BCUT2D eigenvalue weighted by atomic mass is 10.1. The van der Waals surface area contributed by atoms with Crippen LogP contribution in [0.2, 0.25) is 0 Å². The van der Waals surface area contributed by atoms with Gasteiger partial charge in [-0.15, -0.1) is 0 Å². The molecule has 1 amide bonds. The Bertz CT molecular complexity index is 1420. The molecule has 0 atom stereocenters. The van der Waals surface area contributed by atoms with Crippen molar-refractivity contribution in [2.45, 2.75) is 25.3 Å². The van der Waals surface area contributed by atoms with Gasteiger partial charge in [-0.2, -0.15) is 4.31 Å². The van der Waals surface area contributed by atoms with Crippen molar-refractivity contribution in [2.75, 3.05) is 11.9 Å². The van der Waals surface area contributed by atoms with Crippen molar-refractivity contribution in [2.24, 2.45) is 0 Å². The lowest BCUT2D eigenvalue weighted by Gasteiger charge is -2.22. The second-order valence-electron chi connectivity index (χ2n) is 8.53. The van der Waals surface area contributed by atoms with E-state index >= 15 is 0 Å². The summed E-state index contributed by atoms with van der Waals surface area (Å²) in [6.07, 6.45) is 0. The van der Waals surface area contributed by atoms with Gasteiger partial charge in [0.1, 0.15) is 5.75 Å². The fourth-order valence-electron chi connectivity index (χ4n) is 3.61. The molecule has 0 aliphatic carbocycles. The second-order valence-corrected chi connectivity index (χ2v) is 10.5. The number of nitrogens with zero attached hydrogens (tertiary/aromatic N) is 1. The highest BCUT2D eigenvalue weighted by Crippen LogP contribution is 2.29. The van der Waals surface area contributed by atoms with Crippen LogP contribution in [0.5, 0.6) is 11.5 Å². The van der Waals surface area contributed by atoms with E-state index in [0.29, 0.717) is 17.2 Å². The van der Waals surface area contributed by atoms with Crippen LogP contribution in [-0.2, 0) is 21.4 Å². The molecule has 0 heterocycles. The van der Waals surface area contributed by atoms with Crippen LogP contribution in [0.25, 0.3) is 0 Å². The molecule has 0 aromatic heterocycles. The van der Waals surface area contributed by atoms with Crippen LogP contribution < -0.4 is 10.1 Å². The molecular weight excluding hydrogens is 472 g/mol. The van der Waals surface area contributed by atoms with Crippen LogP contribution in [-0.4, -0.2) is 25.2 Å². The molecule has 6 nitrogen and oxygen atoms in total. The molecule has 0 bridgehead atoms. The molecular formula is C29H28N2O4S. The monoisotopic (exact) mass is 500 g/mol. The third kappa shape index (κ3) is 6.38. The number of para-hydroxylation sites is 3. The standard InChI is InChI=1S/C29H28N2O4S/c1-22-12-16-24(17-13-22)20-31(36(33,34)26-18-14-23(2)15-19-26)21-29(32)30-27-10-6-7-11-28(27)35-25-8-4-3-5-9-25/h3-19H,20-21H2,1-2H3,(H,30,32). The van der Waals surface area contributed by atoms with Crippen molar-refractivity contribution in [3.05, 3.63) is 120 Å². The highest BCUT2D eigenvalue weighted by atomic mass is 32.2. The first-order valence-electron chi connectivity index (χ1n) is 11.6. The second kappa shape index (κ2) is 11.2. The highest BCUT2D eigenvalue weighted by molar-refractivity contribution is 7.89. The van der Waals surface area contributed by atoms with E-state index in [1.54, 1.807) is 48.5 Å². The Morgan fingerprint density at radius 2 is 1.36 bits per heavy atom. The molecule has 184 valence electrons. The summed E-state index contributed by atoms with van der Waals surface area (Å²) in [5.41, 5.74) is 3.26. The fraction of sp³-hybridized carbons (Fsp3) is 0.138. The number of benzene rings is 4. The van der Waals surface area contributed by atoms with Gasteiger partial charge in [-0.3, -0.25) is 4.79 Å². The van der Waals surface area contributed by atoms with Crippen molar-refractivity contribution in [3.63, 3.8) is 0 Å². The van der Waals surface area contributed by atoms with E-state index in [0.717, 1.165) is 16.7 Å². The highest BCUT2D eigenvalue weighted by Gasteiger charge is 2.27. The van der Waals surface area contributed by atoms with E-state index < -0.39 is 15.9 Å². The zero-order chi connectivity index (χ0) is 25.5. The molecule has 0 aliphatic heterocycles. The molecule has 36 heavy (non-hydrogen) atoms. The third-order valence-electron chi connectivity index (χ3n) is 5.59. The molecule has 0 saturated carbocycles. The number of carbonyl (C=O) groups excluding carboxylic acids is 1. The normalized spacial score (nSPS) is 11.3. The summed E-state index contributed by atoms with van der Waals surface area (Å²) in [5.74, 6) is 0.618. The fourth-order valence-corrected chi connectivity index (χ4v) is 4.99. The number of hydrogen-bond acceptors (Lipinski definition) is 4. The minimum atomic E-state index is -3.93. The van der Waals surface area contributed by atoms with Gasteiger partial charge >= 0.3 is 0 Å². The minimum Gasteiger partial charge on any atom is -0.455 e. The molecule has 0 unspecified atom stereocenters. The Morgan fingerprint density at radius 3 is 2.03 bits per heavy atom. The van der Waals surface area contributed by atoms with E-state index in [-0.39, 0.29) is 18.0 Å². The summed E-state index contributed by atoms with van der Waals surface area (Å²) < 4.78 is 34.2. The summed E-state index contributed by atoms with van der Waals surface area (Å²) in [6, 6.07) is 30.5. The summed E-state index contributed by atoms with van der Waals surface area (Å²) in [6.45, 7) is 3.56. The molecule has 0 aliphatic rings. The Balaban J connectivity index is 1.57. The molecule has 4 aromatic carbocycles. The van der Waals surface area contributed by atoms with Crippen molar-refractivity contribution < 1.29 is 17.9 Å². The van der Waals surface area contributed by atoms with Crippen LogP contribution in [0, 0.1) is 13.8 Å². The van der Waals surface area contributed by atoms with E-state index in [1.165, 1.54) is 4.31 Å². The largest absolute Gasteiger partial charge is 0.455 e. The van der Waals surface area contributed by atoms with E-state index in [9.17, 15) is 13.2 Å². The summed E-state index contributed by atoms with van der Waals surface area (Å²) in [5, 5.41) is 2.82. The first-order valence-corrected chi connectivity index (χ1v) is 13.0. The van der Waals surface area contributed by atoms with Gasteiger partial charge in [0.2, 0.25) is 15.9 Å². The predicted molar refractivity (Wildman–Crippen MR) is 142 cm³/mol. The van der Waals surface area contributed by atoms with Crippen molar-refractivity contribution in [3.8, 4) is 11.5 Å². The van der Waals surface area contributed by atoms with Crippen LogP contribution in [0.4, 0.5) is 5.69 Å². The molecule has 0 spiro atoms. The van der Waals surface area contributed by atoms with Gasteiger partial charge < -0.3 is 10.1 Å². The number of hydrogen-bond donors (Lipinski definition) is 1. The molecule has 0 saturated heterocycles. The minimum absolute atomic E-state index is 0.0616. The average molecular weight is 501 g/mol. The molecule has 4 rings (SSSR count). The summed E-state index contributed by atoms with van der Waals surface area (Å²) >= 11 is 0. The average Bonchev–Trinajstić information content (AvgIpc) is 2.87. The van der Waals surface area contributed by atoms with Crippen LogP contribution in [0.1, 0.15) is 16.7 Å². The quantitative estimate of drug-likeness (QED) is 0.309. The number of aryl methyl sites for hydroxylation is 2. The molecule has 7 heteroatoms. The van der Waals surface area contributed by atoms with Crippen molar-refractivity contribution in [1.29, 1.82) is 0 Å². The maximum atomic E-state index is 13.5. The Morgan fingerprint density at radius 1 is 0.778 bits per heavy atom. The maximum Gasteiger partial charge on any atom is 0.243 e. The number of nitrogens with one attached hydrogen (secondary N) is 1. The molecule has 0 radical (unpaired) electrons. The smallest absolute Gasteiger partial charge is 0.243 e. The predicted octanol–water partition coefficient (Wildman–Crippen LogP) is 5.93. The first-order chi connectivity index (χ1) is 17.3. The van der Waals surface area contributed by atoms with Crippen molar-refractivity contribution >= 4 is 21.6 Å². The number of ether oxygens (including phenoxy) is 1. The maximum absolute atomic E-state index is 13.5. The van der Waals surface area contributed by atoms with E-state index in [2.05, 4.69) is 5.32 Å². The number of carbonyl (C=O) groups is 1. The zero-order valence-corrected chi connectivity index (χ0v) is 21.0.